The number of hydrogen-bond acceptors (Lipinski definition) is 5. The number of aromatic nitrogens is 2. The topological polar surface area (TPSA) is 67.4 Å². The molecule has 0 aliphatic carbocycles. The molecule has 0 aliphatic rings. The van der Waals surface area contributed by atoms with Crippen LogP contribution in [-0.2, 0) is 0 Å². The van der Waals surface area contributed by atoms with Crippen molar-refractivity contribution in [2.45, 2.75) is 6.92 Å². The van der Waals surface area contributed by atoms with E-state index < -0.39 is 0 Å². The molecule has 1 aromatic heterocycles. The molecule has 1 heterocycles. The van der Waals surface area contributed by atoms with Gasteiger partial charge in [0.1, 0.15) is 17.3 Å². The number of carbonyl (C=O) groups excluding carboxylic acids is 1. The minimum Gasteiger partial charge on any atom is -0.495 e. The second kappa shape index (κ2) is 6.69. The quantitative estimate of drug-likeness (QED) is 0.912. The van der Waals surface area contributed by atoms with Gasteiger partial charge in [0.25, 0.3) is 5.91 Å². The van der Waals surface area contributed by atoms with Crippen LogP contribution in [0.3, 0.4) is 0 Å². The zero-order chi connectivity index (χ0) is 15.2. The fourth-order valence-electron chi connectivity index (χ4n) is 1.90. The van der Waals surface area contributed by atoms with Gasteiger partial charge in [-0.1, -0.05) is 12.1 Å². The van der Waals surface area contributed by atoms with Crippen LogP contribution in [0, 0.1) is 0 Å². The zero-order valence-corrected chi connectivity index (χ0v) is 12.3. The predicted octanol–water partition coefficient (Wildman–Crippen LogP) is 2.19. The summed E-state index contributed by atoms with van der Waals surface area (Å²) in [5.74, 6) is 1.04. The summed E-state index contributed by atoms with van der Waals surface area (Å²) >= 11 is 0. The van der Waals surface area contributed by atoms with E-state index in [1.807, 2.05) is 25.1 Å². The van der Waals surface area contributed by atoms with Crippen molar-refractivity contribution in [2.24, 2.45) is 0 Å². The van der Waals surface area contributed by atoms with Crippen LogP contribution in [0.2, 0.25) is 0 Å². The van der Waals surface area contributed by atoms with Crippen molar-refractivity contribution in [1.82, 2.24) is 9.97 Å². The van der Waals surface area contributed by atoms with Gasteiger partial charge in [-0.05, 0) is 19.1 Å². The summed E-state index contributed by atoms with van der Waals surface area (Å²) in [6.45, 7) is 2.72. The lowest BCUT2D eigenvalue weighted by molar-refractivity contribution is 0.0987. The molecule has 0 saturated heterocycles. The van der Waals surface area contributed by atoms with Crippen molar-refractivity contribution in [1.29, 1.82) is 0 Å². The number of methoxy groups -OCH3 is 1. The van der Waals surface area contributed by atoms with Crippen LogP contribution in [0.25, 0.3) is 0 Å². The maximum Gasteiger partial charge on any atom is 0.278 e. The average molecular weight is 286 g/mol. The molecule has 0 spiro atoms. The Kier molecular flexibility index (Phi) is 4.71. The Morgan fingerprint density at radius 2 is 2.05 bits per heavy atom. The number of nitrogens with zero attached hydrogens (tertiary/aromatic N) is 3. The summed E-state index contributed by atoms with van der Waals surface area (Å²) in [5, 5.41) is 3.03. The first kappa shape index (κ1) is 14.8. The standard InChI is InChI=1S/C15H18N4O2/c1-4-16-14-10-17-11(9-18-14)15(20)19(2)12-7-5-6-8-13(12)21-3/h5-10H,4H2,1-3H3,(H,16,18). The molecular weight excluding hydrogens is 268 g/mol. The molecule has 110 valence electrons. The molecule has 0 atom stereocenters. The molecule has 2 aromatic rings. The Morgan fingerprint density at radius 1 is 1.29 bits per heavy atom. The molecule has 1 amide bonds. The SMILES string of the molecule is CCNc1cnc(C(=O)N(C)c2ccccc2OC)cn1. The zero-order valence-electron chi connectivity index (χ0n) is 12.3. The fourth-order valence-corrected chi connectivity index (χ4v) is 1.90. The first-order valence-corrected chi connectivity index (χ1v) is 6.64. The molecule has 0 bridgehead atoms. The lowest BCUT2D eigenvalue weighted by atomic mass is 10.2. The Labute approximate surface area is 123 Å². The Balaban J connectivity index is 2.22. The summed E-state index contributed by atoms with van der Waals surface area (Å²) in [6, 6.07) is 7.32. The second-order valence-electron chi connectivity index (χ2n) is 4.35. The second-order valence-corrected chi connectivity index (χ2v) is 4.35. The third-order valence-corrected chi connectivity index (χ3v) is 2.98. The van der Waals surface area contributed by atoms with Crippen LogP contribution in [0.4, 0.5) is 11.5 Å². The smallest absolute Gasteiger partial charge is 0.278 e. The number of benzene rings is 1. The molecule has 0 aliphatic heterocycles. The van der Waals surface area contributed by atoms with E-state index in [4.69, 9.17) is 4.74 Å². The van der Waals surface area contributed by atoms with Gasteiger partial charge in [-0.2, -0.15) is 0 Å². The molecule has 1 N–H and O–H groups in total. The van der Waals surface area contributed by atoms with Gasteiger partial charge < -0.3 is 15.0 Å². The molecule has 0 fully saturated rings. The number of amides is 1. The van der Waals surface area contributed by atoms with Crippen LogP contribution in [0.1, 0.15) is 17.4 Å². The third kappa shape index (κ3) is 3.28. The number of anilines is 2. The molecule has 0 radical (unpaired) electrons. The number of nitrogens with one attached hydrogen (secondary N) is 1. The van der Waals surface area contributed by atoms with Gasteiger partial charge in [-0.3, -0.25) is 4.79 Å². The van der Waals surface area contributed by atoms with E-state index in [1.54, 1.807) is 26.4 Å². The highest BCUT2D eigenvalue weighted by Gasteiger charge is 2.18. The van der Waals surface area contributed by atoms with Gasteiger partial charge in [0.2, 0.25) is 0 Å². The van der Waals surface area contributed by atoms with Crippen molar-refractivity contribution in [3.8, 4) is 5.75 Å². The number of para-hydroxylation sites is 2. The number of rotatable bonds is 5. The van der Waals surface area contributed by atoms with E-state index in [0.29, 0.717) is 17.3 Å². The highest BCUT2D eigenvalue weighted by atomic mass is 16.5. The number of ether oxygens (including phenoxy) is 1. The minimum atomic E-state index is -0.241. The van der Waals surface area contributed by atoms with E-state index in [-0.39, 0.29) is 11.6 Å². The van der Waals surface area contributed by atoms with E-state index >= 15 is 0 Å². The maximum absolute atomic E-state index is 12.4. The normalized spacial score (nSPS) is 10.0. The van der Waals surface area contributed by atoms with Gasteiger partial charge >= 0.3 is 0 Å². The van der Waals surface area contributed by atoms with Crippen LogP contribution in [0.15, 0.2) is 36.7 Å². The van der Waals surface area contributed by atoms with Crippen LogP contribution in [-0.4, -0.2) is 36.6 Å². The molecule has 0 unspecified atom stereocenters. The monoisotopic (exact) mass is 286 g/mol. The molecule has 1 aromatic carbocycles. The van der Waals surface area contributed by atoms with Gasteiger partial charge in [0.15, 0.2) is 0 Å². The van der Waals surface area contributed by atoms with Crippen LogP contribution >= 0.6 is 0 Å². The highest BCUT2D eigenvalue weighted by molar-refractivity contribution is 6.05. The van der Waals surface area contributed by atoms with E-state index in [2.05, 4.69) is 15.3 Å². The molecule has 2 rings (SSSR count). The lowest BCUT2D eigenvalue weighted by Gasteiger charge is -2.19. The highest BCUT2D eigenvalue weighted by Crippen LogP contribution is 2.27. The predicted molar refractivity (Wildman–Crippen MR) is 81.9 cm³/mol. The van der Waals surface area contributed by atoms with Crippen molar-refractivity contribution in [3.05, 3.63) is 42.4 Å². The molecule has 21 heavy (non-hydrogen) atoms. The number of carbonyl (C=O) groups is 1. The van der Waals surface area contributed by atoms with Gasteiger partial charge in [0.05, 0.1) is 25.2 Å². The van der Waals surface area contributed by atoms with E-state index in [9.17, 15) is 4.79 Å². The summed E-state index contributed by atoms with van der Waals surface area (Å²) < 4.78 is 5.26. The first-order valence-electron chi connectivity index (χ1n) is 6.64. The summed E-state index contributed by atoms with van der Waals surface area (Å²) in [4.78, 5) is 22.2. The first-order chi connectivity index (χ1) is 10.2. The maximum atomic E-state index is 12.4. The molecule has 6 nitrogen and oxygen atoms in total. The Morgan fingerprint density at radius 3 is 2.67 bits per heavy atom. The molecule has 6 heteroatoms. The van der Waals surface area contributed by atoms with Gasteiger partial charge in [-0.25, -0.2) is 9.97 Å². The van der Waals surface area contributed by atoms with Gasteiger partial charge in [0, 0.05) is 13.6 Å². The summed E-state index contributed by atoms with van der Waals surface area (Å²) in [5.41, 5.74) is 0.965. The van der Waals surface area contributed by atoms with Crippen molar-refractivity contribution >= 4 is 17.4 Å². The fraction of sp³-hybridized carbons (Fsp3) is 0.267. The number of hydrogen-bond donors (Lipinski definition) is 1. The summed E-state index contributed by atoms with van der Waals surface area (Å²) in [6.07, 6.45) is 3.01. The average Bonchev–Trinajstić information content (AvgIpc) is 2.54. The van der Waals surface area contributed by atoms with Crippen molar-refractivity contribution in [2.75, 3.05) is 30.9 Å². The Hall–Kier alpha value is -2.63. The van der Waals surface area contributed by atoms with Crippen molar-refractivity contribution in [3.63, 3.8) is 0 Å². The minimum absolute atomic E-state index is 0.241. The Bertz CT molecular complexity index is 613. The van der Waals surface area contributed by atoms with E-state index in [1.165, 1.54) is 11.1 Å². The summed E-state index contributed by atoms with van der Waals surface area (Å²) in [7, 11) is 3.25. The van der Waals surface area contributed by atoms with Gasteiger partial charge in [-0.15, -0.1) is 0 Å². The van der Waals surface area contributed by atoms with Crippen LogP contribution < -0.4 is 15.0 Å². The van der Waals surface area contributed by atoms with Crippen LogP contribution in [0.5, 0.6) is 5.75 Å². The third-order valence-electron chi connectivity index (χ3n) is 2.98. The lowest BCUT2D eigenvalue weighted by Crippen LogP contribution is -2.27. The van der Waals surface area contributed by atoms with E-state index in [0.717, 1.165) is 6.54 Å². The van der Waals surface area contributed by atoms with Crippen molar-refractivity contribution < 1.29 is 9.53 Å². The largest absolute Gasteiger partial charge is 0.495 e. The molecule has 0 saturated carbocycles. The molecular formula is C15H18N4O2.